The van der Waals surface area contributed by atoms with E-state index in [1.54, 1.807) is 12.1 Å². The van der Waals surface area contributed by atoms with Gasteiger partial charge in [-0.15, -0.1) is 0 Å². The average molecular weight is 424 g/mol. The minimum Gasteiger partial charge on any atom is -0.373 e. The van der Waals surface area contributed by atoms with Gasteiger partial charge in [0.15, 0.2) is 0 Å². The number of anilines is 2. The Morgan fingerprint density at radius 3 is 2.41 bits per heavy atom. The molecule has 0 unspecified atom stereocenters. The number of carbonyl (C=O) groups excluding carboxylic acids is 1. The number of nitrogens with zero attached hydrogens (tertiary/aromatic N) is 1. The van der Waals surface area contributed by atoms with Gasteiger partial charge in [-0.3, -0.25) is 9.52 Å². The topological polar surface area (TPSA) is 108 Å². The Bertz CT molecular complexity index is 951. The molecule has 0 bridgehead atoms. The third-order valence-electron chi connectivity index (χ3n) is 3.40. The zero-order valence-electron chi connectivity index (χ0n) is 13.6. The zero-order chi connectivity index (χ0) is 20.5. The number of halogens is 4. The molecule has 0 fully saturated rings. The van der Waals surface area contributed by atoms with E-state index < -0.39 is 27.7 Å². The summed E-state index contributed by atoms with van der Waals surface area (Å²) in [7, 11) is -4.07. The first kappa shape index (κ1) is 20.9. The summed E-state index contributed by atoms with van der Waals surface area (Å²) < 4.78 is 64.8. The van der Waals surface area contributed by atoms with Crippen LogP contribution in [0.15, 0.2) is 47.5 Å². The van der Waals surface area contributed by atoms with Gasteiger partial charge in [0.05, 0.1) is 15.6 Å². The van der Waals surface area contributed by atoms with E-state index in [2.05, 4.69) is 9.71 Å². The first-order valence-electron chi connectivity index (χ1n) is 7.18. The largest absolute Gasteiger partial charge is 0.426 e. The van der Waals surface area contributed by atoms with Crippen LogP contribution in [-0.4, -0.2) is 36.2 Å². The number of rotatable bonds is 5. The minimum atomic E-state index is -5.21. The van der Waals surface area contributed by atoms with Crippen molar-refractivity contribution in [3.63, 3.8) is 0 Å². The summed E-state index contributed by atoms with van der Waals surface area (Å²) in [6.45, 7) is 0.284. The van der Waals surface area contributed by atoms with Gasteiger partial charge < -0.3 is 10.4 Å². The molecule has 1 aromatic heterocycles. The van der Waals surface area contributed by atoms with E-state index in [0.29, 0.717) is 0 Å². The van der Waals surface area contributed by atoms with E-state index in [0.717, 1.165) is 18.2 Å². The van der Waals surface area contributed by atoms with Crippen LogP contribution in [0.5, 0.6) is 0 Å². The van der Waals surface area contributed by atoms with Crippen molar-refractivity contribution in [1.29, 1.82) is 0 Å². The molecule has 0 spiro atoms. The molecule has 0 aliphatic carbocycles. The van der Waals surface area contributed by atoms with Gasteiger partial charge in [-0.2, -0.15) is 13.2 Å². The van der Waals surface area contributed by atoms with Gasteiger partial charge in [-0.1, -0.05) is 17.7 Å². The van der Waals surface area contributed by atoms with Crippen LogP contribution in [0.3, 0.4) is 0 Å². The maximum atomic E-state index is 12.7. The summed E-state index contributed by atoms with van der Waals surface area (Å²) in [4.78, 5) is 15.2. The highest BCUT2D eigenvalue weighted by Gasteiger charge is 2.55. The Morgan fingerprint density at radius 1 is 1.22 bits per heavy atom. The quantitative estimate of drug-likeness (QED) is 0.685. The lowest BCUT2D eigenvalue weighted by Gasteiger charge is -2.25. The molecule has 1 aromatic carbocycles. The van der Waals surface area contributed by atoms with Crippen molar-refractivity contribution in [2.24, 2.45) is 0 Å². The molecule has 0 aliphatic heterocycles. The Balaban J connectivity index is 2.24. The molecule has 2 rings (SSSR count). The standard InChI is InChI=1S/C15H13ClF3N3O4S/c1-14(24,15(17,18)19)13(23)21-11-6-5-9(8-10(11)16)27(25,26)22-12-4-2-3-7-20-12/h2-8,24H,1H3,(H,20,22)(H,21,23)/t14-/m1/s1. The Morgan fingerprint density at radius 2 is 1.89 bits per heavy atom. The summed E-state index contributed by atoms with van der Waals surface area (Å²) in [5, 5.41) is 10.8. The maximum absolute atomic E-state index is 12.7. The molecule has 0 saturated heterocycles. The van der Waals surface area contributed by atoms with E-state index >= 15 is 0 Å². The molecule has 0 saturated carbocycles. The van der Waals surface area contributed by atoms with Gasteiger partial charge in [0.25, 0.3) is 15.9 Å². The summed E-state index contributed by atoms with van der Waals surface area (Å²) in [5.41, 5.74) is -3.95. The number of alkyl halides is 3. The summed E-state index contributed by atoms with van der Waals surface area (Å²) in [6.07, 6.45) is -3.84. The summed E-state index contributed by atoms with van der Waals surface area (Å²) in [5.74, 6) is -1.72. The molecule has 7 nitrogen and oxygen atoms in total. The van der Waals surface area contributed by atoms with Crippen LogP contribution in [0.4, 0.5) is 24.7 Å². The highest BCUT2D eigenvalue weighted by atomic mass is 35.5. The monoisotopic (exact) mass is 423 g/mol. The fourth-order valence-electron chi connectivity index (χ4n) is 1.76. The van der Waals surface area contributed by atoms with E-state index in [4.69, 9.17) is 11.6 Å². The van der Waals surface area contributed by atoms with Crippen molar-refractivity contribution >= 4 is 39.0 Å². The van der Waals surface area contributed by atoms with Crippen molar-refractivity contribution < 1.29 is 31.5 Å². The predicted octanol–water partition coefficient (Wildman–Crippen LogP) is 2.79. The highest BCUT2D eigenvalue weighted by Crippen LogP contribution is 2.32. The van der Waals surface area contributed by atoms with Crippen LogP contribution in [-0.2, 0) is 14.8 Å². The van der Waals surface area contributed by atoms with Crippen LogP contribution in [0.2, 0.25) is 5.02 Å². The number of hydrogen-bond donors (Lipinski definition) is 3. The number of benzene rings is 1. The number of aliphatic hydroxyl groups is 1. The van der Waals surface area contributed by atoms with Gasteiger partial charge >= 0.3 is 6.18 Å². The van der Waals surface area contributed by atoms with Crippen LogP contribution >= 0.6 is 11.6 Å². The van der Waals surface area contributed by atoms with Crippen LogP contribution in [0.1, 0.15) is 6.92 Å². The van der Waals surface area contributed by atoms with E-state index in [9.17, 15) is 31.5 Å². The number of aromatic nitrogens is 1. The second-order valence-corrected chi connectivity index (χ2v) is 7.58. The molecule has 27 heavy (non-hydrogen) atoms. The lowest BCUT2D eigenvalue weighted by molar-refractivity contribution is -0.242. The second-order valence-electron chi connectivity index (χ2n) is 5.49. The van der Waals surface area contributed by atoms with E-state index in [-0.39, 0.29) is 28.3 Å². The molecule has 146 valence electrons. The maximum Gasteiger partial charge on any atom is 0.426 e. The van der Waals surface area contributed by atoms with Crippen molar-refractivity contribution in [2.45, 2.75) is 23.6 Å². The minimum absolute atomic E-state index is 0.0484. The molecule has 0 radical (unpaired) electrons. The fourth-order valence-corrected chi connectivity index (χ4v) is 3.08. The number of amides is 1. The SMILES string of the molecule is C[C@@](O)(C(=O)Nc1ccc(S(=O)(=O)Nc2ccccn2)cc1Cl)C(F)(F)F. The van der Waals surface area contributed by atoms with Crippen molar-refractivity contribution in [3.05, 3.63) is 47.6 Å². The third-order valence-corrected chi connectivity index (χ3v) is 5.06. The Hall–Kier alpha value is -2.37. The van der Waals surface area contributed by atoms with Gasteiger partial charge in [0.2, 0.25) is 5.60 Å². The molecule has 2 aromatic rings. The lowest BCUT2D eigenvalue weighted by Crippen LogP contribution is -2.52. The average Bonchev–Trinajstić information content (AvgIpc) is 2.56. The fraction of sp³-hybridized carbons (Fsp3) is 0.200. The molecule has 0 aliphatic rings. The highest BCUT2D eigenvalue weighted by molar-refractivity contribution is 7.92. The smallest absolute Gasteiger partial charge is 0.373 e. The molecular formula is C15H13ClF3N3O4S. The van der Waals surface area contributed by atoms with Crippen LogP contribution in [0.25, 0.3) is 0 Å². The Labute approximate surface area is 157 Å². The van der Waals surface area contributed by atoms with Gasteiger partial charge in [-0.05, 0) is 37.3 Å². The number of sulfonamides is 1. The third kappa shape index (κ3) is 4.67. The molecule has 1 heterocycles. The van der Waals surface area contributed by atoms with Crippen LogP contribution in [0, 0.1) is 0 Å². The van der Waals surface area contributed by atoms with Gasteiger partial charge in [0, 0.05) is 6.20 Å². The van der Waals surface area contributed by atoms with E-state index in [1.807, 2.05) is 5.32 Å². The first-order chi connectivity index (χ1) is 12.3. The molecule has 1 amide bonds. The normalized spacial score (nSPS) is 14.3. The van der Waals surface area contributed by atoms with Crippen molar-refractivity contribution in [1.82, 2.24) is 4.98 Å². The number of nitrogens with one attached hydrogen (secondary N) is 2. The Kier molecular flexibility index (Phi) is 5.68. The summed E-state index contributed by atoms with van der Waals surface area (Å²) in [6, 6.07) is 7.51. The molecule has 3 N–H and O–H groups in total. The molecule has 12 heteroatoms. The van der Waals surface area contributed by atoms with Crippen molar-refractivity contribution in [3.8, 4) is 0 Å². The lowest BCUT2D eigenvalue weighted by atomic mass is 10.1. The summed E-state index contributed by atoms with van der Waals surface area (Å²) >= 11 is 5.86. The number of hydrogen-bond acceptors (Lipinski definition) is 5. The number of carbonyl (C=O) groups is 1. The number of pyridine rings is 1. The molecular weight excluding hydrogens is 411 g/mol. The predicted molar refractivity (Wildman–Crippen MR) is 91.8 cm³/mol. The van der Waals surface area contributed by atoms with Gasteiger partial charge in [0.1, 0.15) is 5.82 Å². The molecule has 1 atom stereocenters. The zero-order valence-corrected chi connectivity index (χ0v) is 15.2. The second kappa shape index (κ2) is 7.33. The van der Waals surface area contributed by atoms with Crippen LogP contribution < -0.4 is 10.0 Å². The van der Waals surface area contributed by atoms with Gasteiger partial charge in [-0.25, -0.2) is 13.4 Å². The first-order valence-corrected chi connectivity index (χ1v) is 9.04. The van der Waals surface area contributed by atoms with Crippen molar-refractivity contribution in [2.75, 3.05) is 10.0 Å². The van der Waals surface area contributed by atoms with E-state index in [1.165, 1.54) is 12.3 Å².